The minimum absolute atomic E-state index is 0.173. The molecule has 0 amide bonds. The molecule has 3 aromatic rings. The highest BCUT2D eigenvalue weighted by molar-refractivity contribution is 5.75. The lowest BCUT2D eigenvalue weighted by atomic mass is 10.0. The predicted molar refractivity (Wildman–Crippen MR) is 122 cm³/mol. The standard InChI is InChI=1S/C23H25FN8O/c1-14(2)31-6-7-33-22-18(24)8-15(9-19(22)31)21-16(11-25)12-26-23(28-21)27-20-10-17-13-30(3)4-5-32(17)29-20/h8-10,12,14H,4-7,13H2,1-3H3,(H,26,27,28,29). The number of halogens is 1. The summed E-state index contributed by atoms with van der Waals surface area (Å²) in [5, 5.41) is 17.4. The molecule has 2 aromatic heterocycles. The van der Waals surface area contributed by atoms with E-state index in [9.17, 15) is 9.65 Å². The molecule has 33 heavy (non-hydrogen) atoms. The van der Waals surface area contributed by atoms with Gasteiger partial charge in [0.1, 0.15) is 12.7 Å². The molecule has 0 fully saturated rings. The molecule has 170 valence electrons. The van der Waals surface area contributed by atoms with Gasteiger partial charge >= 0.3 is 0 Å². The molecule has 0 radical (unpaired) electrons. The lowest BCUT2D eigenvalue weighted by Crippen LogP contribution is -2.38. The van der Waals surface area contributed by atoms with E-state index in [2.05, 4.69) is 57.1 Å². The predicted octanol–water partition coefficient (Wildman–Crippen LogP) is 3.15. The summed E-state index contributed by atoms with van der Waals surface area (Å²) in [6.07, 6.45) is 1.45. The molecule has 0 bridgehead atoms. The van der Waals surface area contributed by atoms with E-state index in [-0.39, 0.29) is 17.4 Å². The number of benzene rings is 1. The van der Waals surface area contributed by atoms with Crippen LogP contribution < -0.4 is 15.0 Å². The normalized spacial score (nSPS) is 15.6. The summed E-state index contributed by atoms with van der Waals surface area (Å²) < 4.78 is 22.5. The largest absolute Gasteiger partial charge is 0.486 e. The third kappa shape index (κ3) is 3.96. The molecule has 4 heterocycles. The number of ether oxygens (including phenoxy) is 1. The van der Waals surface area contributed by atoms with Gasteiger partial charge in [-0.1, -0.05) is 0 Å². The molecule has 5 rings (SSSR count). The van der Waals surface area contributed by atoms with Crippen LogP contribution in [0.2, 0.25) is 0 Å². The number of nitrogens with zero attached hydrogens (tertiary/aromatic N) is 7. The van der Waals surface area contributed by atoms with Gasteiger partial charge in [0.15, 0.2) is 17.4 Å². The number of nitriles is 1. The summed E-state index contributed by atoms with van der Waals surface area (Å²) in [7, 11) is 2.07. The van der Waals surface area contributed by atoms with E-state index in [0.29, 0.717) is 41.9 Å². The summed E-state index contributed by atoms with van der Waals surface area (Å²) in [5.41, 5.74) is 2.88. The van der Waals surface area contributed by atoms with Crippen LogP contribution in [0.1, 0.15) is 25.1 Å². The Labute approximate surface area is 191 Å². The quantitative estimate of drug-likeness (QED) is 0.651. The maximum Gasteiger partial charge on any atom is 0.229 e. The van der Waals surface area contributed by atoms with Crippen LogP contribution in [0.3, 0.4) is 0 Å². The maximum atomic E-state index is 15.0. The number of hydrogen-bond donors (Lipinski definition) is 1. The lowest BCUT2D eigenvalue weighted by molar-refractivity contribution is 0.259. The Balaban J connectivity index is 1.52. The number of likely N-dealkylation sites (N-methyl/N-ethyl adjacent to an activating group) is 1. The summed E-state index contributed by atoms with van der Waals surface area (Å²) in [6, 6.07) is 7.45. The van der Waals surface area contributed by atoms with Crippen molar-refractivity contribution in [3.63, 3.8) is 0 Å². The van der Waals surface area contributed by atoms with Gasteiger partial charge in [-0.3, -0.25) is 9.58 Å². The average Bonchev–Trinajstić information content (AvgIpc) is 3.19. The van der Waals surface area contributed by atoms with Gasteiger partial charge in [0.2, 0.25) is 5.95 Å². The summed E-state index contributed by atoms with van der Waals surface area (Å²) in [5.74, 6) is 0.684. The second kappa shape index (κ2) is 8.33. The molecule has 0 saturated heterocycles. The number of hydrogen-bond acceptors (Lipinski definition) is 8. The highest BCUT2D eigenvalue weighted by Crippen LogP contribution is 2.39. The van der Waals surface area contributed by atoms with Gasteiger partial charge in [0, 0.05) is 30.8 Å². The first kappa shape index (κ1) is 21.2. The van der Waals surface area contributed by atoms with Crippen molar-refractivity contribution in [3.05, 3.63) is 41.5 Å². The fraction of sp³-hybridized carbons (Fsp3) is 0.391. The first-order chi connectivity index (χ1) is 15.9. The zero-order valence-electron chi connectivity index (χ0n) is 18.8. The van der Waals surface area contributed by atoms with Crippen LogP contribution in [0.4, 0.5) is 21.8 Å². The van der Waals surface area contributed by atoms with Crippen molar-refractivity contribution in [2.45, 2.75) is 33.0 Å². The molecule has 0 unspecified atom stereocenters. The number of rotatable bonds is 4. The highest BCUT2D eigenvalue weighted by Gasteiger charge is 2.26. The summed E-state index contributed by atoms with van der Waals surface area (Å²) >= 11 is 0. The van der Waals surface area contributed by atoms with Crippen molar-refractivity contribution < 1.29 is 9.13 Å². The highest BCUT2D eigenvalue weighted by atomic mass is 19.1. The Kier molecular flexibility index (Phi) is 5.34. The van der Waals surface area contributed by atoms with Crippen molar-refractivity contribution in [2.24, 2.45) is 0 Å². The second-order valence-corrected chi connectivity index (χ2v) is 8.62. The van der Waals surface area contributed by atoms with Crippen LogP contribution in [0.5, 0.6) is 5.75 Å². The second-order valence-electron chi connectivity index (χ2n) is 8.62. The molecule has 2 aliphatic heterocycles. The van der Waals surface area contributed by atoms with Gasteiger partial charge in [-0.25, -0.2) is 14.4 Å². The van der Waals surface area contributed by atoms with Crippen molar-refractivity contribution in [2.75, 3.05) is 37.0 Å². The number of fused-ring (bicyclic) bond motifs is 2. The Morgan fingerprint density at radius 3 is 2.85 bits per heavy atom. The Hall–Kier alpha value is -3.71. The molecule has 1 N–H and O–H groups in total. The van der Waals surface area contributed by atoms with E-state index in [1.807, 2.05) is 16.8 Å². The minimum Gasteiger partial charge on any atom is -0.486 e. The first-order valence-corrected chi connectivity index (χ1v) is 11.0. The van der Waals surface area contributed by atoms with E-state index in [1.165, 1.54) is 12.3 Å². The third-order valence-corrected chi connectivity index (χ3v) is 5.95. The molecule has 2 aliphatic rings. The fourth-order valence-electron chi connectivity index (χ4n) is 4.29. The van der Waals surface area contributed by atoms with E-state index in [4.69, 9.17) is 4.74 Å². The van der Waals surface area contributed by atoms with Crippen molar-refractivity contribution in [1.29, 1.82) is 5.26 Å². The SMILES string of the molecule is CC(C)N1CCOc2c(F)cc(-c3nc(Nc4cc5n(n4)CCN(C)C5)ncc3C#N)cc21. The van der Waals surface area contributed by atoms with Crippen LogP contribution in [0.15, 0.2) is 24.4 Å². The molecule has 0 saturated carbocycles. The van der Waals surface area contributed by atoms with E-state index in [1.54, 1.807) is 0 Å². The van der Waals surface area contributed by atoms with Crippen LogP contribution >= 0.6 is 0 Å². The summed E-state index contributed by atoms with van der Waals surface area (Å²) in [4.78, 5) is 13.1. The van der Waals surface area contributed by atoms with Crippen molar-refractivity contribution in [3.8, 4) is 23.1 Å². The fourth-order valence-corrected chi connectivity index (χ4v) is 4.29. The van der Waals surface area contributed by atoms with Crippen molar-refractivity contribution >= 4 is 17.5 Å². The van der Waals surface area contributed by atoms with Gasteiger partial charge in [0.05, 0.1) is 41.9 Å². The smallest absolute Gasteiger partial charge is 0.229 e. The molecule has 9 nitrogen and oxygen atoms in total. The molecule has 10 heteroatoms. The van der Waals surface area contributed by atoms with Gasteiger partial charge < -0.3 is 15.0 Å². The van der Waals surface area contributed by atoms with E-state index < -0.39 is 5.82 Å². The Morgan fingerprint density at radius 2 is 2.06 bits per heavy atom. The van der Waals surface area contributed by atoms with Crippen LogP contribution in [-0.2, 0) is 13.1 Å². The topological polar surface area (TPSA) is 95.1 Å². The van der Waals surface area contributed by atoms with Gasteiger partial charge in [-0.15, -0.1) is 0 Å². The molecule has 0 atom stereocenters. The van der Waals surface area contributed by atoms with Crippen LogP contribution in [0.25, 0.3) is 11.3 Å². The number of nitrogens with one attached hydrogen (secondary N) is 1. The Bertz CT molecular complexity index is 1250. The first-order valence-electron chi connectivity index (χ1n) is 11.0. The lowest BCUT2D eigenvalue weighted by Gasteiger charge is -2.34. The van der Waals surface area contributed by atoms with Gasteiger partial charge in [-0.2, -0.15) is 10.4 Å². The van der Waals surface area contributed by atoms with E-state index in [0.717, 1.165) is 25.3 Å². The average molecular weight is 449 g/mol. The minimum atomic E-state index is -0.476. The third-order valence-electron chi connectivity index (χ3n) is 5.95. The van der Waals surface area contributed by atoms with Gasteiger partial charge in [0.25, 0.3) is 0 Å². The molecular weight excluding hydrogens is 423 g/mol. The zero-order valence-corrected chi connectivity index (χ0v) is 18.8. The van der Waals surface area contributed by atoms with Crippen molar-refractivity contribution in [1.82, 2.24) is 24.6 Å². The molecular formula is C23H25FN8O. The monoisotopic (exact) mass is 448 g/mol. The van der Waals surface area contributed by atoms with Crippen LogP contribution in [0, 0.1) is 17.1 Å². The number of aromatic nitrogens is 4. The molecule has 0 spiro atoms. The van der Waals surface area contributed by atoms with Gasteiger partial charge in [-0.05, 0) is 33.0 Å². The maximum absolute atomic E-state index is 15.0. The molecule has 0 aliphatic carbocycles. The molecule has 1 aromatic carbocycles. The number of anilines is 3. The Morgan fingerprint density at radius 1 is 1.21 bits per heavy atom. The van der Waals surface area contributed by atoms with E-state index >= 15 is 0 Å². The van der Waals surface area contributed by atoms with Crippen LogP contribution in [-0.4, -0.2) is 57.4 Å². The summed E-state index contributed by atoms with van der Waals surface area (Å²) in [6.45, 7) is 7.76. The zero-order chi connectivity index (χ0) is 23.1.